The molecule has 0 aromatic heterocycles. The lowest BCUT2D eigenvalue weighted by Crippen LogP contribution is -2.45. The first-order valence-electron chi connectivity index (χ1n) is 3.70. The van der Waals surface area contributed by atoms with Gasteiger partial charge >= 0.3 is 5.51 Å². The first-order valence-corrected chi connectivity index (χ1v) is 5.24. The van der Waals surface area contributed by atoms with Crippen LogP contribution < -0.4 is 0 Å². The predicted octanol–water partition coefficient (Wildman–Crippen LogP) is 2.13. The van der Waals surface area contributed by atoms with Crippen LogP contribution >= 0.6 is 0 Å². The van der Waals surface area contributed by atoms with Gasteiger partial charge in [-0.05, 0) is 0 Å². The molecular formula is C6H12F6N2S2. The second kappa shape index (κ2) is 6.82. The van der Waals surface area contributed by atoms with Crippen LogP contribution in [0.3, 0.4) is 0 Å². The van der Waals surface area contributed by atoms with Crippen molar-refractivity contribution >= 4 is 23.9 Å². The van der Waals surface area contributed by atoms with Crippen LogP contribution in [0.15, 0.2) is 0 Å². The maximum atomic E-state index is 12.2. The highest BCUT2D eigenvalue weighted by Crippen LogP contribution is 2.28. The number of hydrogen-bond acceptors (Lipinski definition) is 3. The van der Waals surface area contributed by atoms with E-state index in [2.05, 4.69) is 12.6 Å². The Kier molecular flexibility index (Phi) is 7.91. The SMILES string of the molecule is CN(C)[S+](N(C)C)C(F)(F)F.FC(F)(F)[S-]. The fourth-order valence-electron chi connectivity index (χ4n) is 0.741. The summed E-state index contributed by atoms with van der Waals surface area (Å²) in [6, 6.07) is 0. The molecular weight excluding hydrogens is 278 g/mol. The molecule has 0 bridgehead atoms. The van der Waals surface area contributed by atoms with Crippen LogP contribution in [-0.2, 0) is 23.9 Å². The molecule has 0 heterocycles. The molecule has 0 spiro atoms. The molecule has 0 aliphatic heterocycles. The monoisotopic (exact) mass is 290 g/mol. The van der Waals surface area contributed by atoms with Gasteiger partial charge < -0.3 is 12.6 Å². The summed E-state index contributed by atoms with van der Waals surface area (Å²) in [7, 11) is 5.65. The average Bonchev–Trinajstić information content (AvgIpc) is 1.73. The van der Waals surface area contributed by atoms with Crippen LogP contribution in [0.1, 0.15) is 0 Å². The third-order valence-electron chi connectivity index (χ3n) is 0.899. The first kappa shape index (κ1) is 18.6. The van der Waals surface area contributed by atoms with Gasteiger partial charge in [0.2, 0.25) is 0 Å². The van der Waals surface area contributed by atoms with Crippen LogP contribution in [0.25, 0.3) is 0 Å². The zero-order chi connectivity index (χ0) is 13.7. The molecule has 0 aliphatic carbocycles. The average molecular weight is 290 g/mol. The highest BCUT2D eigenvalue weighted by atomic mass is 32.2. The van der Waals surface area contributed by atoms with Gasteiger partial charge in [0, 0.05) is 28.2 Å². The maximum absolute atomic E-state index is 12.2. The van der Waals surface area contributed by atoms with E-state index in [1.54, 1.807) is 0 Å². The van der Waals surface area contributed by atoms with Crippen molar-refractivity contribution in [2.75, 3.05) is 28.2 Å². The Morgan fingerprint density at radius 3 is 1.00 bits per heavy atom. The Balaban J connectivity index is 0. The van der Waals surface area contributed by atoms with Crippen molar-refractivity contribution in [1.29, 1.82) is 0 Å². The third-order valence-corrected chi connectivity index (χ3v) is 2.70. The molecule has 2 nitrogen and oxygen atoms in total. The van der Waals surface area contributed by atoms with Crippen LogP contribution in [0.2, 0.25) is 0 Å². The minimum absolute atomic E-state index is 1.15. The Morgan fingerprint density at radius 2 is 1.00 bits per heavy atom. The van der Waals surface area contributed by atoms with E-state index in [1.807, 2.05) is 0 Å². The molecule has 16 heavy (non-hydrogen) atoms. The first-order chi connectivity index (χ1) is 6.76. The number of rotatable bonds is 2. The topological polar surface area (TPSA) is 6.48 Å². The lowest BCUT2D eigenvalue weighted by Gasteiger charge is -2.18. The molecule has 100 valence electrons. The van der Waals surface area contributed by atoms with Gasteiger partial charge in [-0.25, -0.2) is 0 Å². The summed E-state index contributed by atoms with van der Waals surface area (Å²) in [5.74, 6) is 0. The van der Waals surface area contributed by atoms with E-state index in [1.165, 1.54) is 28.2 Å². The van der Waals surface area contributed by atoms with Gasteiger partial charge in [-0.3, -0.25) is 0 Å². The summed E-state index contributed by atoms with van der Waals surface area (Å²) in [6.45, 7) is 0. The molecule has 0 unspecified atom stereocenters. The van der Waals surface area contributed by atoms with E-state index in [0.717, 1.165) is 8.61 Å². The van der Waals surface area contributed by atoms with Gasteiger partial charge in [-0.2, -0.15) is 13.2 Å². The Labute approximate surface area is 98.6 Å². The van der Waals surface area contributed by atoms with Gasteiger partial charge in [0.15, 0.2) is 0 Å². The van der Waals surface area contributed by atoms with Gasteiger partial charge in [-0.1, -0.05) is 0 Å². The summed E-state index contributed by atoms with van der Waals surface area (Å²) in [4.78, 5) is 0. The summed E-state index contributed by atoms with van der Waals surface area (Å²) < 4.78 is 69.3. The molecule has 0 rings (SSSR count). The summed E-state index contributed by atoms with van der Waals surface area (Å²) in [5.41, 5.74) is -8.58. The fourth-order valence-corrected chi connectivity index (χ4v) is 2.22. The van der Waals surface area contributed by atoms with E-state index in [4.69, 9.17) is 0 Å². The standard InChI is InChI=1S/C5H12F3N2S.CHF3S/c1-9(2)11(10(3)4)5(6,7)8;2-1(3,4)5/h1-4H3;5H/q+1;/p-1. The zero-order valence-corrected chi connectivity index (χ0v) is 10.6. The molecule has 0 amide bonds. The van der Waals surface area contributed by atoms with Crippen LogP contribution in [0.5, 0.6) is 0 Å². The largest absolute Gasteiger partial charge is 0.680 e. The molecule has 0 fully saturated rings. The van der Waals surface area contributed by atoms with Crippen molar-refractivity contribution in [2.24, 2.45) is 0 Å². The van der Waals surface area contributed by atoms with Crippen LogP contribution in [0, 0.1) is 0 Å². The molecule has 0 atom stereocenters. The number of nitrogens with zero attached hydrogens (tertiary/aromatic N) is 2. The second-order valence-electron chi connectivity index (χ2n) is 2.78. The van der Waals surface area contributed by atoms with Crippen molar-refractivity contribution in [3.8, 4) is 0 Å². The Morgan fingerprint density at radius 1 is 0.812 bits per heavy atom. The van der Waals surface area contributed by atoms with Crippen molar-refractivity contribution < 1.29 is 26.3 Å². The van der Waals surface area contributed by atoms with E-state index in [0.29, 0.717) is 0 Å². The van der Waals surface area contributed by atoms with E-state index in [9.17, 15) is 26.3 Å². The lowest BCUT2D eigenvalue weighted by molar-refractivity contribution is -0.0439. The molecule has 0 aromatic carbocycles. The number of halogens is 6. The molecule has 0 radical (unpaired) electrons. The van der Waals surface area contributed by atoms with E-state index in [-0.39, 0.29) is 0 Å². The summed E-state index contributed by atoms with van der Waals surface area (Å²) in [5, 5.41) is 0. The van der Waals surface area contributed by atoms with Gasteiger partial charge in [0.1, 0.15) is 0 Å². The fraction of sp³-hybridized carbons (Fsp3) is 1.00. The highest BCUT2D eigenvalue weighted by molar-refractivity contribution is 7.93. The summed E-state index contributed by atoms with van der Waals surface area (Å²) in [6.07, 6.45) is 0. The minimum atomic E-state index is -4.42. The quantitative estimate of drug-likeness (QED) is 0.437. The second-order valence-corrected chi connectivity index (χ2v) is 5.70. The van der Waals surface area contributed by atoms with Crippen LogP contribution in [-0.4, -0.2) is 47.8 Å². The molecule has 0 aliphatic rings. The minimum Gasteiger partial charge on any atom is -0.680 e. The van der Waals surface area contributed by atoms with E-state index < -0.39 is 22.3 Å². The number of hydrogen-bond donors (Lipinski definition) is 0. The highest BCUT2D eigenvalue weighted by Gasteiger charge is 2.57. The molecule has 0 N–H and O–H groups in total. The van der Waals surface area contributed by atoms with E-state index >= 15 is 0 Å². The molecule has 0 aromatic rings. The molecule has 10 heteroatoms. The normalized spacial score (nSPS) is 13.1. The summed E-state index contributed by atoms with van der Waals surface area (Å²) >= 11 is 1.05. The zero-order valence-electron chi connectivity index (χ0n) is 8.98. The maximum Gasteiger partial charge on any atom is 0.615 e. The molecule has 0 saturated heterocycles. The van der Waals surface area contributed by atoms with Gasteiger partial charge in [0.25, 0.3) is 16.8 Å². The Hall–Kier alpha value is 0.200. The van der Waals surface area contributed by atoms with Crippen molar-refractivity contribution in [3.05, 3.63) is 0 Å². The van der Waals surface area contributed by atoms with Crippen molar-refractivity contribution in [1.82, 2.24) is 8.61 Å². The van der Waals surface area contributed by atoms with Crippen LogP contribution in [0.4, 0.5) is 26.3 Å². The van der Waals surface area contributed by atoms with Crippen molar-refractivity contribution in [3.63, 3.8) is 0 Å². The smallest absolute Gasteiger partial charge is 0.615 e. The lowest BCUT2D eigenvalue weighted by atomic mass is 11.3. The van der Waals surface area contributed by atoms with Crippen molar-refractivity contribution in [2.45, 2.75) is 11.0 Å². The van der Waals surface area contributed by atoms with Gasteiger partial charge in [-0.15, -0.1) is 21.8 Å². The number of alkyl halides is 6. The van der Waals surface area contributed by atoms with Gasteiger partial charge in [0.05, 0.1) is 0 Å². The third kappa shape index (κ3) is 12.3. The molecule has 0 saturated carbocycles. The predicted molar refractivity (Wildman–Crippen MR) is 54.2 cm³/mol. The Bertz CT molecular complexity index is 176.